The van der Waals surface area contributed by atoms with Gasteiger partial charge in [-0.3, -0.25) is 4.99 Å². The molecule has 0 atom stereocenters. The molecule has 1 aliphatic heterocycles. The number of benzene rings is 2. The van der Waals surface area contributed by atoms with E-state index in [1.54, 1.807) is 7.11 Å². The summed E-state index contributed by atoms with van der Waals surface area (Å²) >= 11 is 0. The second-order valence-electron chi connectivity index (χ2n) is 4.56. The van der Waals surface area contributed by atoms with Crippen LogP contribution in [0.2, 0.25) is 0 Å². The summed E-state index contributed by atoms with van der Waals surface area (Å²) in [6.45, 7) is 2.07. The van der Waals surface area contributed by atoms with Gasteiger partial charge in [-0.15, -0.1) is 0 Å². The molecule has 2 heteroatoms. The average molecular weight is 237 g/mol. The van der Waals surface area contributed by atoms with E-state index in [0.29, 0.717) is 0 Å². The number of hydrogen-bond donors (Lipinski definition) is 0. The monoisotopic (exact) mass is 237 g/mol. The van der Waals surface area contributed by atoms with Gasteiger partial charge in [0.15, 0.2) is 0 Å². The Balaban J connectivity index is 2.10. The van der Waals surface area contributed by atoms with Crippen LogP contribution in [0.4, 0.5) is 5.69 Å². The van der Waals surface area contributed by atoms with Crippen molar-refractivity contribution in [1.29, 1.82) is 0 Å². The van der Waals surface area contributed by atoms with Gasteiger partial charge in [0.1, 0.15) is 5.75 Å². The van der Waals surface area contributed by atoms with E-state index in [1.807, 2.05) is 6.21 Å². The number of ether oxygens (including phenoxy) is 1. The molecule has 0 spiro atoms. The molecule has 0 amide bonds. The minimum atomic E-state index is 0.925. The van der Waals surface area contributed by atoms with Crippen LogP contribution in [0.15, 0.2) is 41.4 Å². The second kappa shape index (κ2) is 4.30. The molecule has 0 radical (unpaired) electrons. The molecule has 0 aliphatic carbocycles. The first-order valence-corrected chi connectivity index (χ1v) is 6.08. The van der Waals surface area contributed by atoms with Crippen molar-refractivity contribution in [3.8, 4) is 16.9 Å². The molecule has 0 aromatic heterocycles. The van der Waals surface area contributed by atoms with Gasteiger partial charge >= 0.3 is 0 Å². The summed E-state index contributed by atoms with van der Waals surface area (Å²) in [5, 5.41) is 0. The van der Waals surface area contributed by atoms with E-state index in [0.717, 1.165) is 23.4 Å². The smallest absolute Gasteiger partial charge is 0.126 e. The van der Waals surface area contributed by atoms with Crippen molar-refractivity contribution in [2.24, 2.45) is 4.99 Å². The van der Waals surface area contributed by atoms with Gasteiger partial charge in [-0.1, -0.05) is 18.2 Å². The second-order valence-corrected chi connectivity index (χ2v) is 4.56. The molecule has 3 rings (SSSR count). The predicted octanol–water partition coefficient (Wildman–Crippen LogP) is 3.93. The molecule has 0 N–H and O–H groups in total. The molecule has 0 saturated heterocycles. The van der Waals surface area contributed by atoms with E-state index < -0.39 is 0 Å². The Hall–Kier alpha value is -2.09. The van der Waals surface area contributed by atoms with Crippen LogP contribution in [-0.2, 0) is 6.42 Å². The van der Waals surface area contributed by atoms with Gasteiger partial charge in [-0.05, 0) is 41.8 Å². The molecule has 1 aliphatic rings. The third-order valence-corrected chi connectivity index (χ3v) is 3.29. The van der Waals surface area contributed by atoms with Crippen LogP contribution in [0.25, 0.3) is 11.1 Å². The zero-order chi connectivity index (χ0) is 12.5. The van der Waals surface area contributed by atoms with Crippen LogP contribution in [0, 0.1) is 6.92 Å². The number of fused-ring (bicyclic) bond motifs is 1. The molecule has 2 aromatic rings. The van der Waals surface area contributed by atoms with Crippen LogP contribution in [0.3, 0.4) is 0 Å². The normalized spacial score (nSPS) is 12.6. The van der Waals surface area contributed by atoms with E-state index in [2.05, 4.69) is 48.3 Å². The summed E-state index contributed by atoms with van der Waals surface area (Å²) in [5.41, 5.74) is 5.91. The highest BCUT2D eigenvalue weighted by molar-refractivity contribution is 5.80. The lowest BCUT2D eigenvalue weighted by molar-refractivity contribution is 0.416. The maximum absolute atomic E-state index is 5.47. The standard InChI is InChI=1S/C16H15NO/c1-11-3-5-14(16(9-11)18-2)12-4-6-15-13(10-12)7-8-17-15/h3-6,8-10H,7H2,1-2H3. The largest absolute Gasteiger partial charge is 0.496 e. The number of methoxy groups -OCH3 is 1. The van der Waals surface area contributed by atoms with Crippen LogP contribution < -0.4 is 4.74 Å². The summed E-state index contributed by atoms with van der Waals surface area (Å²) in [6.07, 6.45) is 2.89. The highest BCUT2D eigenvalue weighted by Crippen LogP contribution is 2.34. The number of aryl methyl sites for hydroxylation is 1. The topological polar surface area (TPSA) is 21.6 Å². The number of nitrogens with zero attached hydrogens (tertiary/aromatic N) is 1. The third kappa shape index (κ3) is 1.80. The van der Waals surface area contributed by atoms with Crippen LogP contribution in [-0.4, -0.2) is 13.3 Å². The first kappa shape index (κ1) is 11.0. The van der Waals surface area contributed by atoms with E-state index >= 15 is 0 Å². The fourth-order valence-corrected chi connectivity index (χ4v) is 2.32. The molecule has 0 saturated carbocycles. The lowest BCUT2D eigenvalue weighted by atomic mass is 9.99. The fraction of sp³-hybridized carbons (Fsp3) is 0.188. The molecular formula is C16H15NO. The third-order valence-electron chi connectivity index (χ3n) is 3.29. The first-order valence-electron chi connectivity index (χ1n) is 6.08. The Bertz CT molecular complexity index is 629. The van der Waals surface area contributed by atoms with Crippen molar-refractivity contribution in [1.82, 2.24) is 0 Å². The summed E-state index contributed by atoms with van der Waals surface area (Å²) in [7, 11) is 1.72. The van der Waals surface area contributed by atoms with Crippen LogP contribution in [0.5, 0.6) is 5.75 Å². The van der Waals surface area contributed by atoms with Crippen molar-refractivity contribution in [3.05, 3.63) is 47.5 Å². The molecule has 2 nitrogen and oxygen atoms in total. The molecule has 0 fully saturated rings. The van der Waals surface area contributed by atoms with Gasteiger partial charge < -0.3 is 4.74 Å². The van der Waals surface area contributed by atoms with E-state index in [-0.39, 0.29) is 0 Å². The molecule has 90 valence electrons. The van der Waals surface area contributed by atoms with Crippen molar-refractivity contribution >= 4 is 11.9 Å². The van der Waals surface area contributed by atoms with Gasteiger partial charge in [0, 0.05) is 18.2 Å². The number of hydrogen-bond acceptors (Lipinski definition) is 2. The minimum absolute atomic E-state index is 0.925. The zero-order valence-corrected chi connectivity index (χ0v) is 10.6. The van der Waals surface area contributed by atoms with Crippen molar-refractivity contribution in [2.45, 2.75) is 13.3 Å². The highest BCUT2D eigenvalue weighted by Gasteiger charge is 2.11. The van der Waals surface area contributed by atoms with Gasteiger partial charge in [-0.25, -0.2) is 0 Å². The first-order chi connectivity index (χ1) is 8.78. The van der Waals surface area contributed by atoms with Crippen LogP contribution >= 0.6 is 0 Å². The lowest BCUT2D eigenvalue weighted by Gasteiger charge is -2.10. The van der Waals surface area contributed by atoms with Gasteiger partial charge in [0.25, 0.3) is 0 Å². The Morgan fingerprint density at radius 1 is 1.11 bits per heavy atom. The molecule has 0 unspecified atom stereocenters. The molecule has 18 heavy (non-hydrogen) atoms. The Kier molecular flexibility index (Phi) is 2.63. The predicted molar refractivity (Wildman–Crippen MR) is 75.0 cm³/mol. The summed E-state index contributed by atoms with van der Waals surface area (Å²) < 4.78 is 5.47. The summed E-state index contributed by atoms with van der Waals surface area (Å²) in [6, 6.07) is 12.7. The summed E-state index contributed by atoms with van der Waals surface area (Å²) in [4.78, 5) is 4.33. The van der Waals surface area contributed by atoms with Gasteiger partial charge in [0.2, 0.25) is 0 Å². The molecule has 1 heterocycles. The van der Waals surface area contributed by atoms with E-state index in [1.165, 1.54) is 16.7 Å². The minimum Gasteiger partial charge on any atom is -0.496 e. The van der Waals surface area contributed by atoms with Gasteiger partial charge in [-0.2, -0.15) is 0 Å². The van der Waals surface area contributed by atoms with Crippen molar-refractivity contribution in [3.63, 3.8) is 0 Å². The van der Waals surface area contributed by atoms with E-state index in [9.17, 15) is 0 Å². The zero-order valence-electron chi connectivity index (χ0n) is 10.6. The fourth-order valence-electron chi connectivity index (χ4n) is 2.32. The summed E-state index contributed by atoms with van der Waals surface area (Å²) in [5.74, 6) is 0.925. The molecule has 0 bridgehead atoms. The number of aliphatic imine (C=N–C) groups is 1. The Morgan fingerprint density at radius 2 is 2.00 bits per heavy atom. The van der Waals surface area contributed by atoms with Crippen LogP contribution in [0.1, 0.15) is 11.1 Å². The highest BCUT2D eigenvalue weighted by atomic mass is 16.5. The van der Waals surface area contributed by atoms with E-state index in [4.69, 9.17) is 4.74 Å². The van der Waals surface area contributed by atoms with Crippen molar-refractivity contribution < 1.29 is 4.74 Å². The van der Waals surface area contributed by atoms with Gasteiger partial charge in [0.05, 0.1) is 12.8 Å². The van der Waals surface area contributed by atoms with Crippen molar-refractivity contribution in [2.75, 3.05) is 7.11 Å². The average Bonchev–Trinajstić information content (AvgIpc) is 2.85. The quantitative estimate of drug-likeness (QED) is 0.775. The SMILES string of the molecule is COc1cc(C)ccc1-c1ccc2c(c1)CC=N2. The lowest BCUT2D eigenvalue weighted by Crippen LogP contribution is -1.90. The number of rotatable bonds is 2. The molecule has 2 aromatic carbocycles. The Morgan fingerprint density at radius 3 is 2.83 bits per heavy atom. The maximum atomic E-state index is 5.47. The maximum Gasteiger partial charge on any atom is 0.126 e. The molecular weight excluding hydrogens is 222 g/mol. The Labute approximate surface area is 107 Å².